The fraction of sp³-hybridized carbons (Fsp3) is 0.316. The quantitative estimate of drug-likeness (QED) is 0.772. The largest absolute Gasteiger partial charge is 0.352 e. The molecule has 0 aromatic heterocycles. The Morgan fingerprint density at radius 3 is 2.44 bits per heavy atom. The summed E-state index contributed by atoms with van der Waals surface area (Å²) in [5.74, 6) is -0.201. The van der Waals surface area contributed by atoms with Gasteiger partial charge >= 0.3 is 0 Å². The van der Waals surface area contributed by atoms with Crippen LogP contribution in [0, 0.1) is 6.92 Å². The number of nitrogens with zero attached hydrogens (tertiary/aromatic N) is 1. The van der Waals surface area contributed by atoms with Gasteiger partial charge in [0.15, 0.2) is 0 Å². The Hall–Kier alpha value is -2.34. The lowest BCUT2D eigenvalue weighted by Gasteiger charge is -2.17. The van der Waals surface area contributed by atoms with E-state index in [1.165, 1.54) is 18.2 Å². The van der Waals surface area contributed by atoms with Gasteiger partial charge in [-0.05, 0) is 43.5 Å². The molecule has 5 nitrogen and oxygen atoms in total. The highest BCUT2D eigenvalue weighted by Gasteiger charge is 2.13. The highest BCUT2D eigenvalue weighted by Crippen LogP contribution is 2.17. The summed E-state index contributed by atoms with van der Waals surface area (Å²) in [5.41, 5.74) is 3.39. The van der Waals surface area contributed by atoms with E-state index in [2.05, 4.69) is 36.5 Å². The molecule has 2 rings (SSSR count). The topological polar surface area (TPSA) is 66.5 Å². The molecule has 134 valence electrons. The van der Waals surface area contributed by atoms with Crippen LogP contribution in [0.1, 0.15) is 27.9 Å². The van der Waals surface area contributed by atoms with Gasteiger partial charge in [0, 0.05) is 19.2 Å². The van der Waals surface area contributed by atoms with Crippen LogP contribution in [-0.4, -0.2) is 34.2 Å². The van der Waals surface area contributed by atoms with Crippen molar-refractivity contribution in [1.29, 1.82) is 0 Å². The summed E-state index contributed by atoms with van der Waals surface area (Å²) >= 11 is 0. The molecule has 0 radical (unpaired) electrons. The van der Waals surface area contributed by atoms with Crippen molar-refractivity contribution < 1.29 is 13.2 Å². The first-order valence-corrected chi connectivity index (χ1v) is 10.00. The van der Waals surface area contributed by atoms with Crippen molar-refractivity contribution in [3.63, 3.8) is 0 Å². The SMILES string of the molecule is Cc1ccc(CCCNC(=O)c2cccc(N(C)S(C)(=O)=O)c2)cc1. The maximum Gasteiger partial charge on any atom is 0.251 e. The summed E-state index contributed by atoms with van der Waals surface area (Å²) in [5, 5.41) is 2.88. The zero-order valence-corrected chi connectivity index (χ0v) is 15.6. The molecule has 0 spiro atoms. The van der Waals surface area contributed by atoms with E-state index in [0.29, 0.717) is 17.8 Å². The summed E-state index contributed by atoms with van der Waals surface area (Å²) in [6.45, 7) is 2.62. The molecule has 0 atom stereocenters. The zero-order chi connectivity index (χ0) is 18.4. The van der Waals surface area contributed by atoms with E-state index in [1.54, 1.807) is 24.3 Å². The maximum atomic E-state index is 12.2. The molecule has 2 aromatic carbocycles. The third kappa shape index (κ3) is 5.60. The third-order valence-electron chi connectivity index (χ3n) is 4.02. The molecule has 0 saturated heterocycles. The van der Waals surface area contributed by atoms with Crippen LogP contribution >= 0.6 is 0 Å². The van der Waals surface area contributed by atoms with E-state index in [1.807, 2.05) is 0 Å². The molecule has 6 heteroatoms. The van der Waals surface area contributed by atoms with Gasteiger partial charge in [-0.15, -0.1) is 0 Å². The molecule has 0 aliphatic heterocycles. The predicted molar refractivity (Wildman–Crippen MR) is 102 cm³/mol. The van der Waals surface area contributed by atoms with E-state index >= 15 is 0 Å². The lowest BCUT2D eigenvalue weighted by Crippen LogP contribution is -2.27. The molecule has 0 unspecified atom stereocenters. The molecular weight excluding hydrogens is 336 g/mol. The van der Waals surface area contributed by atoms with Crippen molar-refractivity contribution in [1.82, 2.24) is 5.32 Å². The second-order valence-corrected chi connectivity index (χ2v) is 8.14. The van der Waals surface area contributed by atoms with Gasteiger partial charge in [-0.25, -0.2) is 8.42 Å². The van der Waals surface area contributed by atoms with Crippen molar-refractivity contribution >= 4 is 21.6 Å². The van der Waals surface area contributed by atoms with Crippen LogP contribution in [0.4, 0.5) is 5.69 Å². The average molecular weight is 360 g/mol. The van der Waals surface area contributed by atoms with Gasteiger partial charge in [-0.2, -0.15) is 0 Å². The second kappa shape index (κ2) is 8.16. The number of hydrogen-bond donors (Lipinski definition) is 1. The van der Waals surface area contributed by atoms with E-state index in [4.69, 9.17) is 0 Å². The Morgan fingerprint density at radius 2 is 1.80 bits per heavy atom. The monoisotopic (exact) mass is 360 g/mol. The molecule has 0 aliphatic rings. The van der Waals surface area contributed by atoms with Crippen molar-refractivity contribution in [3.8, 4) is 0 Å². The Balaban J connectivity index is 1.89. The minimum atomic E-state index is -3.35. The lowest BCUT2D eigenvalue weighted by molar-refractivity contribution is 0.0953. The molecule has 0 aliphatic carbocycles. The number of sulfonamides is 1. The number of nitrogens with one attached hydrogen (secondary N) is 1. The number of hydrogen-bond acceptors (Lipinski definition) is 3. The highest BCUT2D eigenvalue weighted by molar-refractivity contribution is 7.92. The summed E-state index contributed by atoms with van der Waals surface area (Å²) in [6, 6.07) is 15.0. The van der Waals surface area contributed by atoms with Gasteiger partial charge in [0.2, 0.25) is 10.0 Å². The van der Waals surface area contributed by atoms with Gasteiger partial charge in [0.1, 0.15) is 0 Å². The number of rotatable bonds is 7. The lowest BCUT2D eigenvalue weighted by atomic mass is 10.1. The van der Waals surface area contributed by atoms with Crippen molar-refractivity contribution in [2.24, 2.45) is 0 Å². The molecule has 0 bridgehead atoms. The van der Waals surface area contributed by atoms with E-state index < -0.39 is 10.0 Å². The van der Waals surface area contributed by atoms with Crippen LogP contribution in [-0.2, 0) is 16.4 Å². The number of benzene rings is 2. The molecule has 0 saturated carbocycles. The van der Waals surface area contributed by atoms with Gasteiger partial charge in [-0.3, -0.25) is 9.10 Å². The summed E-state index contributed by atoms with van der Waals surface area (Å²) in [6.07, 6.45) is 2.87. The van der Waals surface area contributed by atoms with Crippen molar-refractivity contribution in [2.45, 2.75) is 19.8 Å². The molecular formula is C19H24N2O3S. The summed E-state index contributed by atoms with van der Waals surface area (Å²) < 4.78 is 24.4. The Morgan fingerprint density at radius 1 is 1.12 bits per heavy atom. The first-order chi connectivity index (χ1) is 11.8. The first-order valence-electron chi connectivity index (χ1n) is 8.15. The van der Waals surface area contributed by atoms with E-state index in [0.717, 1.165) is 23.4 Å². The van der Waals surface area contributed by atoms with Crippen LogP contribution in [0.2, 0.25) is 0 Å². The van der Waals surface area contributed by atoms with Gasteiger partial charge in [0.25, 0.3) is 5.91 Å². The molecule has 25 heavy (non-hydrogen) atoms. The smallest absolute Gasteiger partial charge is 0.251 e. The highest BCUT2D eigenvalue weighted by atomic mass is 32.2. The first kappa shape index (κ1) is 19.0. The molecule has 0 heterocycles. The fourth-order valence-electron chi connectivity index (χ4n) is 2.39. The average Bonchev–Trinajstić information content (AvgIpc) is 2.58. The van der Waals surface area contributed by atoms with Crippen LogP contribution in [0.25, 0.3) is 0 Å². The Bertz CT molecular complexity index is 830. The standard InChI is InChI=1S/C19H24N2O3S/c1-15-9-11-16(12-10-15)6-5-13-20-19(22)17-7-4-8-18(14-17)21(2)25(3,23)24/h4,7-12,14H,5-6,13H2,1-3H3,(H,20,22). The number of aryl methyl sites for hydroxylation is 2. The minimum Gasteiger partial charge on any atom is -0.352 e. The van der Waals surface area contributed by atoms with Crippen LogP contribution in [0.5, 0.6) is 0 Å². The predicted octanol–water partition coefficient (Wildman–Crippen LogP) is 2.75. The number of anilines is 1. The summed E-state index contributed by atoms with van der Waals surface area (Å²) in [7, 11) is -1.89. The van der Waals surface area contributed by atoms with Gasteiger partial charge in [0.05, 0.1) is 11.9 Å². The van der Waals surface area contributed by atoms with E-state index in [-0.39, 0.29) is 5.91 Å². The normalized spacial score (nSPS) is 11.2. The van der Waals surface area contributed by atoms with E-state index in [9.17, 15) is 13.2 Å². The van der Waals surface area contributed by atoms with Gasteiger partial charge < -0.3 is 5.32 Å². The molecule has 2 aromatic rings. The maximum absolute atomic E-state index is 12.2. The summed E-state index contributed by atoms with van der Waals surface area (Å²) in [4.78, 5) is 12.2. The zero-order valence-electron chi connectivity index (χ0n) is 14.8. The van der Waals surface area contributed by atoms with Gasteiger partial charge in [-0.1, -0.05) is 35.9 Å². The van der Waals surface area contributed by atoms with Crippen molar-refractivity contribution in [3.05, 3.63) is 65.2 Å². The Kier molecular flexibility index (Phi) is 6.20. The number of carbonyl (C=O) groups excluding carboxylic acids is 1. The molecule has 1 N–H and O–H groups in total. The Labute approximate surface area is 149 Å². The third-order valence-corrected chi connectivity index (χ3v) is 5.22. The molecule has 0 fully saturated rings. The number of amides is 1. The van der Waals surface area contributed by atoms with Crippen LogP contribution in [0.3, 0.4) is 0 Å². The van der Waals surface area contributed by atoms with Crippen LogP contribution < -0.4 is 9.62 Å². The number of carbonyl (C=O) groups is 1. The van der Waals surface area contributed by atoms with Crippen LogP contribution in [0.15, 0.2) is 48.5 Å². The molecule has 1 amide bonds. The van der Waals surface area contributed by atoms with Crippen molar-refractivity contribution in [2.75, 3.05) is 24.2 Å². The minimum absolute atomic E-state index is 0.201. The second-order valence-electron chi connectivity index (χ2n) is 6.13. The fourth-order valence-corrected chi connectivity index (χ4v) is 2.88.